The second-order valence-corrected chi connectivity index (χ2v) is 5.90. The summed E-state index contributed by atoms with van der Waals surface area (Å²) >= 11 is 0. The maximum atomic E-state index is 5.68. The highest BCUT2D eigenvalue weighted by molar-refractivity contribution is 4.80. The smallest absolute Gasteiger partial charge is 0.0576 e. The molecule has 1 aliphatic carbocycles. The molecule has 2 aliphatic rings. The van der Waals surface area contributed by atoms with Crippen molar-refractivity contribution in [3.63, 3.8) is 0 Å². The van der Waals surface area contributed by atoms with Crippen molar-refractivity contribution in [2.24, 2.45) is 5.92 Å². The number of nitrogens with one attached hydrogen (secondary N) is 1. The Morgan fingerprint density at radius 1 is 1.18 bits per heavy atom. The molecule has 1 saturated carbocycles. The van der Waals surface area contributed by atoms with Gasteiger partial charge < -0.3 is 10.1 Å². The minimum Gasteiger partial charge on any atom is -0.378 e. The molecule has 3 atom stereocenters. The lowest BCUT2D eigenvalue weighted by atomic mass is 9.98. The lowest BCUT2D eigenvalue weighted by Crippen LogP contribution is -2.27. The summed E-state index contributed by atoms with van der Waals surface area (Å²) in [6, 6.07) is 0.822. The van der Waals surface area contributed by atoms with Crippen molar-refractivity contribution in [1.82, 2.24) is 5.32 Å². The number of rotatable bonds is 7. The molecule has 1 heterocycles. The average molecular weight is 239 g/mol. The van der Waals surface area contributed by atoms with Crippen LogP contribution in [0.15, 0.2) is 0 Å². The molecule has 0 aromatic carbocycles. The Morgan fingerprint density at radius 2 is 2.12 bits per heavy atom. The summed E-state index contributed by atoms with van der Waals surface area (Å²) in [6.07, 6.45) is 12.9. The molecule has 1 N–H and O–H groups in total. The SMILES string of the molecule is CCCNC1CCC(CCCC2CCCO2)C1. The summed E-state index contributed by atoms with van der Waals surface area (Å²) in [7, 11) is 0. The molecule has 0 bridgehead atoms. The van der Waals surface area contributed by atoms with Crippen LogP contribution < -0.4 is 5.32 Å². The fourth-order valence-corrected chi connectivity index (χ4v) is 3.38. The second kappa shape index (κ2) is 7.38. The van der Waals surface area contributed by atoms with Crippen LogP contribution in [0.4, 0.5) is 0 Å². The lowest BCUT2D eigenvalue weighted by molar-refractivity contribution is 0.101. The van der Waals surface area contributed by atoms with Gasteiger partial charge in [0.1, 0.15) is 0 Å². The molecule has 2 heteroatoms. The highest BCUT2D eigenvalue weighted by atomic mass is 16.5. The quantitative estimate of drug-likeness (QED) is 0.734. The summed E-state index contributed by atoms with van der Waals surface area (Å²) in [5, 5.41) is 3.67. The number of hydrogen-bond donors (Lipinski definition) is 1. The van der Waals surface area contributed by atoms with Gasteiger partial charge in [0.25, 0.3) is 0 Å². The average Bonchev–Trinajstić information content (AvgIpc) is 2.98. The van der Waals surface area contributed by atoms with Gasteiger partial charge in [0, 0.05) is 12.6 Å². The highest BCUT2D eigenvalue weighted by Gasteiger charge is 2.24. The van der Waals surface area contributed by atoms with Gasteiger partial charge in [-0.15, -0.1) is 0 Å². The molecule has 17 heavy (non-hydrogen) atoms. The molecule has 3 unspecified atom stereocenters. The van der Waals surface area contributed by atoms with Crippen LogP contribution in [0.5, 0.6) is 0 Å². The van der Waals surface area contributed by atoms with Crippen molar-refractivity contribution < 1.29 is 4.74 Å². The Hall–Kier alpha value is -0.0800. The fourth-order valence-electron chi connectivity index (χ4n) is 3.38. The normalized spacial score (nSPS) is 33.4. The van der Waals surface area contributed by atoms with E-state index in [0.29, 0.717) is 6.10 Å². The van der Waals surface area contributed by atoms with E-state index in [1.165, 1.54) is 64.3 Å². The third-order valence-corrected chi connectivity index (χ3v) is 4.39. The van der Waals surface area contributed by atoms with Crippen molar-refractivity contribution in [3.05, 3.63) is 0 Å². The molecule has 2 rings (SSSR count). The fraction of sp³-hybridized carbons (Fsp3) is 1.00. The van der Waals surface area contributed by atoms with Crippen molar-refractivity contribution in [2.45, 2.75) is 76.9 Å². The van der Waals surface area contributed by atoms with Crippen LogP contribution >= 0.6 is 0 Å². The standard InChI is InChI=1S/C15H29NO/c1-2-10-16-14-9-8-13(12-14)5-3-6-15-7-4-11-17-15/h13-16H,2-12H2,1H3. The topological polar surface area (TPSA) is 21.3 Å². The summed E-state index contributed by atoms with van der Waals surface area (Å²) in [4.78, 5) is 0. The molecule has 0 spiro atoms. The van der Waals surface area contributed by atoms with Crippen LogP contribution in [-0.4, -0.2) is 25.3 Å². The van der Waals surface area contributed by atoms with E-state index < -0.39 is 0 Å². The summed E-state index contributed by atoms with van der Waals surface area (Å²) < 4.78 is 5.68. The molecule has 0 aromatic rings. The zero-order valence-corrected chi connectivity index (χ0v) is 11.4. The van der Waals surface area contributed by atoms with Crippen LogP contribution in [0.2, 0.25) is 0 Å². The summed E-state index contributed by atoms with van der Waals surface area (Å²) in [6.45, 7) is 4.46. The van der Waals surface area contributed by atoms with Gasteiger partial charge in [-0.3, -0.25) is 0 Å². The maximum Gasteiger partial charge on any atom is 0.0576 e. The van der Waals surface area contributed by atoms with Gasteiger partial charge in [-0.2, -0.15) is 0 Å². The van der Waals surface area contributed by atoms with Gasteiger partial charge in [-0.05, 0) is 57.4 Å². The number of ether oxygens (including phenoxy) is 1. The van der Waals surface area contributed by atoms with E-state index in [4.69, 9.17) is 4.74 Å². The predicted molar refractivity (Wildman–Crippen MR) is 72.2 cm³/mol. The number of hydrogen-bond acceptors (Lipinski definition) is 2. The van der Waals surface area contributed by atoms with Crippen LogP contribution in [0.3, 0.4) is 0 Å². The van der Waals surface area contributed by atoms with Crippen molar-refractivity contribution >= 4 is 0 Å². The minimum absolute atomic E-state index is 0.602. The van der Waals surface area contributed by atoms with Gasteiger partial charge in [0.2, 0.25) is 0 Å². The van der Waals surface area contributed by atoms with Crippen molar-refractivity contribution in [2.75, 3.05) is 13.2 Å². The van der Waals surface area contributed by atoms with E-state index in [2.05, 4.69) is 12.2 Å². The van der Waals surface area contributed by atoms with Gasteiger partial charge in [0.15, 0.2) is 0 Å². The van der Waals surface area contributed by atoms with Gasteiger partial charge in [-0.1, -0.05) is 19.8 Å². The predicted octanol–water partition coefficient (Wildman–Crippen LogP) is 3.50. The highest BCUT2D eigenvalue weighted by Crippen LogP contribution is 2.30. The summed E-state index contributed by atoms with van der Waals surface area (Å²) in [5.74, 6) is 0.991. The largest absolute Gasteiger partial charge is 0.378 e. The maximum absolute atomic E-state index is 5.68. The lowest BCUT2D eigenvalue weighted by Gasteiger charge is -2.14. The zero-order valence-electron chi connectivity index (χ0n) is 11.4. The van der Waals surface area contributed by atoms with Gasteiger partial charge >= 0.3 is 0 Å². The minimum atomic E-state index is 0.602. The molecular formula is C15H29NO. The molecule has 1 saturated heterocycles. The first kappa shape index (κ1) is 13.4. The summed E-state index contributed by atoms with van der Waals surface area (Å²) in [5.41, 5.74) is 0. The van der Waals surface area contributed by atoms with Gasteiger partial charge in [-0.25, -0.2) is 0 Å². The molecule has 2 nitrogen and oxygen atoms in total. The molecule has 1 aliphatic heterocycles. The van der Waals surface area contributed by atoms with E-state index >= 15 is 0 Å². The van der Waals surface area contributed by atoms with Crippen LogP contribution in [-0.2, 0) is 4.74 Å². The second-order valence-electron chi connectivity index (χ2n) is 5.90. The first-order valence-corrected chi connectivity index (χ1v) is 7.73. The van der Waals surface area contributed by atoms with E-state index in [-0.39, 0.29) is 0 Å². The van der Waals surface area contributed by atoms with E-state index in [9.17, 15) is 0 Å². The Morgan fingerprint density at radius 3 is 2.88 bits per heavy atom. The van der Waals surface area contributed by atoms with Crippen molar-refractivity contribution in [3.8, 4) is 0 Å². The first-order chi connectivity index (χ1) is 8.38. The van der Waals surface area contributed by atoms with Crippen LogP contribution in [0.25, 0.3) is 0 Å². The monoisotopic (exact) mass is 239 g/mol. The molecule has 0 aromatic heterocycles. The zero-order chi connectivity index (χ0) is 11.9. The van der Waals surface area contributed by atoms with Crippen molar-refractivity contribution in [1.29, 1.82) is 0 Å². The Kier molecular flexibility index (Phi) is 5.79. The molecular weight excluding hydrogens is 210 g/mol. The molecule has 0 amide bonds. The van der Waals surface area contributed by atoms with Gasteiger partial charge in [0.05, 0.1) is 6.10 Å². The Bertz CT molecular complexity index is 201. The Labute approximate surface area is 107 Å². The Balaban J connectivity index is 1.51. The van der Waals surface area contributed by atoms with E-state index in [1.54, 1.807) is 0 Å². The van der Waals surface area contributed by atoms with E-state index in [0.717, 1.165) is 18.6 Å². The van der Waals surface area contributed by atoms with Crippen LogP contribution in [0.1, 0.15) is 64.7 Å². The van der Waals surface area contributed by atoms with E-state index in [1.807, 2.05) is 0 Å². The third kappa shape index (κ3) is 4.59. The molecule has 0 radical (unpaired) electrons. The molecule has 2 fully saturated rings. The molecule has 100 valence electrons. The first-order valence-electron chi connectivity index (χ1n) is 7.73. The third-order valence-electron chi connectivity index (χ3n) is 4.39. The van der Waals surface area contributed by atoms with Crippen LogP contribution in [0, 0.1) is 5.92 Å².